The molecule has 0 saturated heterocycles. The molecule has 0 aliphatic rings. The van der Waals surface area contributed by atoms with Crippen LogP contribution in [0.4, 0.5) is 5.69 Å². The zero-order valence-corrected chi connectivity index (χ0v) is 17.2. The largest absolute Gasteiger partial charge is 0.457 e. The number of hydrogen-bond acceptors (Lipinski definition) is 7. The molecule has 1 aromatic heterocycles. The van der Waals surface area contributed by atoms with E-state index in [-0.39, 0.29) is 24.7 Å². The summed E-state index contributed by atoms with van der Waals surface area (Å²) in [5, 5.41) is 3.33. The lowest BCUT2D eigenvalue weighted by molar-refractivity contribution is -0.142. The molecule has 0 saturated carbocycles. The number of carbonyl (C=O) groups is 3. The highest BCUT2D eigenvalue weighted by atomic mass is 32.2. The lowest BCUT2D eigenvalue weighted by Crippen LogP contribution is -2.15. The molecule has 0 fully saturated rings. The number of rotatable bonds is 8. The van der Waals surface area contributed by atoms with Crippen LogP contribution >= 0.6 is 11.8 Å². The fourth-order valence-electron chi connectivity index (χ4n) is 2.63. The summed E-state index contributed by atoms with van der Waals surface area (Å²) < 4.78 is 5.10. The molecule has 1 amide bonds. The van der Waals surface area contributed by atoms with E-state index in [1.807, 2.05) is 20.1 Å². The first kappa shape index (κ1) is 21.6. The number of Topliss-reactive ketones (excluding diaryl/α,β-unsaturated/α-hetero) is 1. The summed E-state index contributed by atoms with van der Waals surface area (Å²) in [6, 6.07) is 6.41. The van der Waals surface area contributed by atoms with Gasteiger partial charge in [-0.15, -0.1) is 0 Å². The molecular formula is C20H23N3O4S. The Bertz CT molecular complexity index is 859. The van der Waals surface area contributed by atoms with Gasteiger partial charge in [0, 0.05) is 36.0 Å². The van der Waals surface area contributed by atoms with Gasteiger partial charge in [0.05, 0.1) is 0 Å². The molecule has 2 rings (SSSR count). The summed E-state index contributed by atoms with van der Waals surface area (Å²) in [6.45, 7) is 4.87. The van der Waals surface area contributed by atoms with Gasteiger partial charge in [0.15, 0.2) is 17.5 Å². The Morgan fingerprint density at radius 2 is 1.68 bits per heavy atom. The number of anilines is 1. The summed E-state index contributed by atoms with van der Waals surface area (Å²) in [5.74, 6) is -0.939. The minimum atomic E-state index is -0.448. The number of carbonyl (C=O) groups excluding carboxylic acids is 3. The Kier molecular flexibility index (Phi) is 7.69. The fourth-order valence-corrected chi connectivity index (χ4v) is 3.09. The highest BCUT2D eigenvalue weighted by Gasteiger charge is 2.13. The van der Waals surface area contributed by atoms with E-state index in [0.29, 0.717) is 22.8 Å². The van der Waals surface area contributed by atoms with Gasteiger partial charge in [-0.2, -0.15) is 0 Å². The Balaban J connectivity index is 1.85. The SMILES string of the molecule is CSc1nc(C)c(CCC(=O)OCC(=O)c2ccc(NC(C)=O)cc2)c(C)n1. The van der Waals surface area contributed by atoms with Gasteiger partial charge in [0.1, 0.15) is 0 Å². The van der Waals surface area contributed by atoms with Crippen molar-refractivity contribution in [2.75, 3.05) is 18.2 Å². The predicted octanol–water partition coefficient (Wildman–Crippen LogP) is 3.13. The molecule has 7 nitrogen and oxygen atoms in total. The van der Waals surface area contributed by atoms with E-state index in [0.717, 1.165) is 17.0 Å². The molecule has 1 N–H and O–H groups in total. The fraction of sp³-hybridized carbons (Fsp3) is 0.350. The molecule has 2 aromatic rings. The number of aryl methyl sites for hydroxylation is 2. The third-order valence-corrected chi connectivity index (χ3v) is 4.60. The van der Waals surface area contributed by atoms with Crippen molar-refractivity contribution in [3.8, 4) is 0 Å². The molecule has 0 radical (unpaired) electrons. The lowest BCUT2D eigenvalue weighted by Gasteiger charge is -2.10. The number of nitrogens with one attached hydrogen (secondary N) is 1. The molecule has 1 heterocycles. The van der Waals surface area contributed by atoms with Gasteiger partial charge in [-0.3, -0.25) is 14.4 Å². The summed E-state index contributed by atoms with van der Waals surface area (Å²) in [4.78, 5) is 43.9. The Hall–Kier alpha value is -2.74. The zero-order valence-electron chi connectivity index (χ0n) is 16.4. The number of aromatic nitrogens is 2. The van der Waals surface area contributed by atoms with Crippen molar-refractivity contribution in [1.82, 2.24) is 9.97 Å². The predicted molar refractivity (Wildman–Crippen MR) is 108 cm³/mol. The summed E-state index contributed by atoms with van der Waals surface area (Å²) >= 11 is 1.47. The molecule has 28 heavy (non-hydrogen) atoms. The van der Waals surface area contributed by atoms with Gasteiger partial charge in [-0.25, -0.2) is 9.97 Å². The molecule has 0 aliphatic heterocycles. The number of amides is 1. The van der Waals surface area contributed by atoms with Crippen LogP contribution in [0.2, 0.25) is 0 Å². The maximum atomic E-state index is 12.1. The quantitative estimate of drug-likeness (QED) is 0.314. The molecule has 0 bridgehead atoms. The Morgan fingerprint density at radius 3 is 2.21 bits per heavy atom. The third kappa shape index (κ3) is 6.16. The molecule has 0 aliphatic carbocycles. The summed E-state index contributed by atoms with van der Waals surface area (Å²) in [6.07, 6.45) is 2.53. The van der Waals surface area contributed by atoms with Crippen molar-refractivity contribution in [2.24, 2.45) is 0 Å². The molecule has 0 atom stereocenters. The highest BCUT2D eigenvalue weighted by Crippen LogP contribution is 2.17. The second-order valence-electron chi connectivity index (χ2n) is 6.20. The van der Waals surface area contributed by atoms with Gasteiger partial charge < -0.3 is 10.1 Å². The van der Waals surface area contributed by atoms with Gasteiger partial charge in [0.2, 0.25) is 5.91 Å². The van der Waals surface area contributed by atoms with Crippen LogP contribution in [-0.4, -0.2) is 40.5 Å². The lowest BCUT2D eigenvalue weighted by atomic mass is 10.1. The molecular weight excluding hydrogens is 378 g/mol. The minimum Gasteiger partial charge on any atom is -0.457 e. The number of ether oxygens (including phenoxy) is 1. The van der Waals surface area contributed by atoms with Gasteiger partial charge >= 0.3 is 5.97 Å². The second kappa shape index (κ2) is 9.98. The number of hydrogen-bond donors (Lipinski definition) is 1. The van der Waals surface area contributed by atoms with E-state index >= 15 is 0 Å². The molecule has 0 spiro atoms. The molecule has 148 valence electrons. The molecule has 8 heteroatoms. The van der Waals surface area contributed by atoms with Gasteiger partial charge in [-0.05, 0) is 56.4 Å². The van der Waals surface area contributed by atoms with Gasteiger partial charge in [0.25, 0.3) is 0 Å². The first-order chi connectivity index (χ1) is 13.3. The third-order valence-electron chi connectivity index (χ3n) is 4.05. The maximum absolute atomic E-state index is 12.1. The topological polar surface area (TPSA) is 98.2 Å². The first-order valence-corrected chi connectivity index (χ1v) is 9.97. The smallest absolute Gasteiger partial charge is 0.306 e. The van der Waals surface area contributed by atoms with Crippen LogP contribution in [0.1, 0.15) is 40.7 Å². The van der Waals surface area contributed by atoms with Crippen molar-refractivity contribution in [2.45, 2.75) is 38.8 Å². The number of thioether (sulfide) groups is 1. The van der Waals surface area contributed by atoms with Crippen molar-refractivity contribution in [3.05, 3.63) is 46.8 Å². The maximum Gasteiger partial charge on any atom is 0.306 e. The average Bonchev–Trinajstić information content (AvgIpc) is 2.65. The number of nitrogens with zero attached hydrogens (tertiary/aromatic N) is 2. The molecule has 1 aromatic carbocycles. The van der Waals surface area contributed by atoms with Crippen LogP contribution in [0.25, 0.3) is 0 Å². The van der Waals surface area contributed by atoms with Crippen molar-refractivity contribution in [3.63, 3.8) is 0 Å². The van der Waals surface area contributed by atoms with Crippen LogP contribution in [0.5, 0.6) is 0 Å². The van der Waals surface area contributed by atoms with Crippen molar-refractivity contribution in [1.29, 1.82) is 0 Å². The van der Waals surface area contributed by atoms with Crippen LogP contribution in [0.3, 0.4) is 0 Å². The second-order valence-corrected chi connectivity index (χ2v) is 6.98. The van der Waals surface area contributed by atoms with Crippen molar-refractivity contribution >= 4 is 35.1 Å². The average molecular weight is 401 g/mol. The zero-order chi connectivity index (χ0) is 20.7. The van der Waals surface area contributed by atoms with E-state index in [2.05, 4.69) is 15.3 Å². The van der Waals surface area contributed by atoms with Crippen LogP contribution < -0.4 is 5.32 Å². The van der Waals surface area contributed by atoms with E-state index in [1.54, 1.807) is 24.3 Å². The standard InChI is InChI=1S/C20H23N3O4S/c1-12-17(13(2)22-20(21-12)28-4)9-10-19(26)27-11-18(25)15-5-7-16(8-6-15)23-14(3)24/h5-8H,9-11H2,1-4H3,(H,23,24). The number of esters is 1. The van der Waals surface area contributed by atoms with Crippen molar-refractivity contribution < 1.29 is 19.1 Å². The van der Waals surface area contributed by atoms with E-state index in [1.165, 1.54) is 18.7 Å². The summed E-state index contributed by atoms with van der Waals surface area (Å²) in [7, 11) is 0. The summed E-state index contributed by atoms with van der Waals surface area (Å²) in [5.41, 5.74) is 3.63. The van der Waals surface area contributed by atoms with Crippen LogP contribution in [0, 0.1) is 13.8 Å². The normalized spacial score (nSPS) is 10.4. The van der Waals surface area contributed by atoms with Crippen LogP contribution in [0.15, 0.2) is 29.4 Å². The first-order valence-electron chi connectivity index (χ1n) is 8.74. The van der Waals surface area contributed by atoms with Crippen LogP contribution in [-0.2, 0) is 20.7 Å². The monoisotopic (exact) mass is 401 g/mol. The number of benzene rings is 1. The van der Waals surface area contributed by atoms with E-state index in [9.17, 15) is 14.4 Å². The Morgan fingerprint density at radius 1 is 1.07 bits per heavy atom. The van der Waals surface area contributed by atoms with E-state index < -0.39 is 5.97 Å². The number of ketones is 1. The minimum absolute atomic E-state index is 0.151. The van der Waals surface area contributed by atoms with Gasteiger partial charge in [-0.1, -0.05) is 11.8 Å². The van der Waals surface area contributed by atoms with E-state index in [4.69, 9.17) is 4.74 Å². The Labute approximate surface area is 168 Å². The molecule has 0 unspecified atom stereocenters. The highest BCUT2D eigenvalue weighted by molar-refractivity contribution is 7.98.